The summed E-state index contributed by atoms with van der Waals surface area (Å²) in [5, 5.41) is 2.39. The van der Waals surface area contributed by atoms with Crippen molar-refractivity contribution >= 4 is 46.9 Å². The van der Waals surface area contributed by atoms with E-state index in [1.54, 1.807) is 128 Å². The van der Waals surface area contributed by atoms with Gasteiger partial charge < -0.3 is 23.7 Å². The third-order valence-corrected chi connectivity index (χ3v) is 12.6. The van der Waals surface area contributed by atoms with Crippen molar-refractivity contribution in [3.63, 3.8) is 0 Å². The molecule has 0 radical (unpaired) electrons. The van der Waals surface area contributed by atoms with E-state index in [0.29, 0.717) is 45.4 Å². The van der Waals surface area contributed by atoms with Gasteiger partial charge in [0.15, 0.2) is 0 Å². The quantitative estimate of drug-likeness (QED) is 0.0362. The number of esters is 4. The molecule has 1 aliphatic heterocycles. The van der Waals surface area contributed by atoms with Crippen LogP contribution >= 0.6 is 12.2 Å². The third-order valence-electron chi connectivity index (χ3n) is 12.5. The number of isothiocyanates is 1. The van der Waals surface area contributed by atoms with E-state index in [1.165, 1.54) is 14.2 Å². The Balaban J connectivity index is 1.47. The average Bonchev–Trinajstić information content (AvgIpc) is 3.38. The van der Waals surface area contributed by atoms with Crippen LogP contribution in [0.15, 0.2) is 133 Å². The summed E-state index contributed by atoms with van der Waals surface area (Å²) in [5.74, 6) is -2.60. The van der Waals surface area contributed by atoms with Gasteiger partial charge in [-0.3, -0.25) is 29.4 Å². The smallest absolute Gasteiger partial charge is 0.357 e. The van der Waals surface area contributed by atoms with Crippen LogP contribution in [-0.2, 0) is 53.0 Å². The van der Waals surface area contributed by atoms with E-state index < -0.39 is 64.1 Å². The van der Waals surface area contributed by atoms with E-state index >= 15 is 9.59 Å². The second-order valence-electron chi connectivity index (χ2n) is 20.5. The zero-order valence-electron chi connectivity index (χ0n) is 43.8. The summed E-state index contributed by atoms with van der Waals surface area (Å²) in [6.45, 7) is 12.3. The van der Waals surface area contributed by atoms with E-state index in [2.05, 4.69) is 15.1 Å². The van der Waals surface area contributed by atoms with Gasteiger partial charge in [-0.05, 0) is 146 Å². The van der Waals surface area contributed by atoms with Crippen LogP contribution in [0.2, 0.25) is 0 Å². The van der Waals surface area contributed by atoms with Crippen LogP contribution in [0, 0.1) is 10.8 Å². The highest BCUT2D eigenvalue weighted by molar-refractivity contribution is 7.78. The first-order valence-electron chi connectivity index (χ1n) is 24.3. The lowest BCUT2D eigenvalue weighted by Gasteiger charge is -2.61. The minimum Gasteiger partial charge on any atom is -0.468 e. The molecule has 75 heavy (non-hydrogen) atoms. The summed E-state index contributed by atoms with van der Waals surface area (Å²) in [7, 11) is 4.40. The second kappa shape index (κ2) is 23.4. The van der Waals surface area contributed by atoms with Gasteiger partial charge in [0.05, 0.1) is 84.0 Å². The molecule has 0 amide bonds. The summed E-state index contributed by atoms with van der Waals surface area (Å²) in [6, 6.07) is 31.4. The predicted octanol–water partition coefficient (Wildman–Crippen LogP) is 9.33. The molecular weight excluding hydrogens is 973 g/mol. The molecule has 18 heteroatoms. The zero-order chi connectivity index (χ0) is 54.1. The van der Waals surface area contributed by atoms with Crippen LogP contribution in [-0.4, -0.2) is 109 Å². The molecule has 1 saturated heterocycles. The topological polar surface area (TPSA) is 198 Å². The van der Waals surface area contributed by atoms with Crippen LogP contribution in [0.3, 0.4) is 0 Å². The van der Waals surface area contributed by atoms with Crippen molar-refractivity contribution < 1.29 is 42.9 Å². The van der Waals surface area contributed by atoms with Crippen LogP contribution in [0.1, 0.15) is 110 Å². The number of hydrogen-bond acceptors (Lipinski definition) is 18. The summed E-state index contributed by atoms with van der Waals surface area (Å²) in [4.78, 5) is 90.0. The monoisotopic (exact) mass is 1030 g/mol. The van der Waals surface area contributed by atoms with Crippen molar-refractivity contribution in [2.75, 3.05) is 27.8 Å². The van der Waals surface area contributed by atoms with E-state index in [1.807, 2.05) is 65.4 Å². The zero-order valence-corrected chi connectivity index (χ0v) is 44.7. The van der Waals surface area contributed by atoms with Gasteiger partial charge in [-0.1, -0.05) is 42.5 Å². The highest BCUT2D eigenvalue weighted by Gasteiger charge is 2.72. The van der Waals surface area contributed by atoms with Crippen LogP contribution < -0.4 is 0 Å². The van der Waals surface area contributed by atoms with Crippen molar-refractivity contribution in [1.29, 1.82) is 0 Å². The molecule has 5 atom stereocenters. The number of hydrogen-bond donors (Lipinski definition) is 0. The number of benzene rings is 1. The number of carbonyl (C=O) groups excluding carboxylic acids is 4. The summed E-state index contributed by atoms with van der Waals surface area (Å²) < 4.78 is 30.3. The number of likely N-dealkylation sites (tertiary alicyclic amines) is 1. The minimum atomic E-state index is -1.88. The molecule has 1 fully saturated rings. The fourth-order valence-corrected chi connectivity index (χ4v) is 9.90. The highest BCUT2D eigenvalue weighted by atomic mass is 32.1. The summed E-state index contributed by atoms with van der Waals surface area (Å²) in [5.41, 5.74) is -0.961. The lowest BCUT2D eigenvalue weighted by Crippen LogP contribution is -2.71. The fourth-order valence-electron chi connectivity index (χ4n) is 9.79. The van der Waals surface area contributed by atoms with Gasteiger partial charge in [0.2, 0.25) is 0 Å². The minimum absolute atomic E-state index is 0.0226. The molecule has 6 aromatic rings. The van der Waals surface area contributed by atoms with Gasteiger partial charge in [-0.15, -0.1) is 0 Å². The number of rotatable bonds is 17. The molecule has 0 bridgehead atoms. The van der Waals surface area contributed by atoms with E-state index in [-0.39, 0.29) is 37.6 Å². The maximum absolute atomic E-state index is 15.8. The Bertz CT molecular complexity index is 3040. The fraction of sp³-hybridized carbons (Fsp3) is 0.368. The number of aromatic nitrogens is 5. The Morgan fingerprint density at radius 1 is 0.680 bits per heavy atom. The molecule has 6 heterocycles. The van der Waals surface area contributed by atoms with Crippen molar-refractivity contribution in [3.8, 4) is 11.4 Å². The van der Waals surface area contributed by atoms with Crippen LogP contribution in [0.5, 0.6) is 0 Å². The molecule has 0 N–H and O–H groups in total. The Kier molecular flexibility index (Phi) is 17.2. The number of carbonyl (C=O) groups is 4. The summed E-state index contributed by atoms with van der Waals surface area (Å²) in [6.07, 6.45) is 1.90. The number of ether oxygens (including phenoxy) is 5. The molecule has 1 aliphatic rings. The standard InChI is InChI=1S/C57H62N8O9S/c1-54(2,3)73-49(66)45-24-16-18-39(62-45)32-64(8)35-57(53(69)71-10)48(44-21-12-14-31-59-44)65(33-40-19-15-22-41(61-40)42-23-17-25-46(63-42)50(67)74-55(4,5)6)47(43-20-11-13-30-58-43)56(7,52(68)70-9)51(57)72-34-37-26-28-38(29-27-37)60-36-75/h11-31,47-48,51H,32-35H2,1-10H3. The summed E-state index contributed by atoms with van der Waals surface area (Å²) >= 11 is 4.85. The first kappa shape index (κ1) is 55.3. The SMILES string of the molecule is COC(=O)C1(C)C(c2ccccn2)N(Cc2cccc(-c3cccc(C(=O)OC(C)(C)C)n3)n2)C(c2ccccn2)C(CN(C)Cc2cccc(C(=O)OC(C)(C)C)n2)(C(=O)OC)C1OCc1ccc(N=C=S)cc1. The van der Waals surface area contributed by atoms with Gasteiger partial charge >= 0.3 is 23.9 Å². The predicted molar refractivity (Wildman–Crippen MR) is 282 cm³/mol. The van der Waals surface area contributed by atoms with Gasteiger partial charge in [-0.25, -0.2) is 24.5 Å². The Morgan fingerprint density at radius 3 is 1.79 bits per heavy atom. The molecule has 5 aromatic heterocycles. The van der Waals surface area contributed by atoms with Gasteiger partial charge in [0, 0.05) is 32.0 Å². The molecule has 7 rings (SSSR count). The van der Waals surface area contributed by atoms with Gasteiger partial charge in [-0.2, -0.15) is 4.99 Å². The number of thiocarbonyl (C=S) groups is 1. The number of pyridine rings is 5. The van der Waals surface area contributed by atoms with Crippen LogP contribution in [0.4, 0.5) is 5.69 Å². The molecule has 390 valence electrons. The number of aliphatic imine (C=N–C) groups is 1. The number of methoxy groups -OCH3 is 2. The number of nitrogens with zero attached hydrogens (tertiary/aromatic N) is 8. The Labute approximate surface area is 442 Å². The third kappa shape index (κ3) is 12.7. The second-order valence-corrected chi connectivity index (χ2v) is 20.6. The van der Waals surface area contributed by atoms with Crippen molar-refractivity contribution in [2.24, 2.45) is 15.8 Å². The molecule has 0 spiro atoms. The number of piperidine rings is 1. The largest absolute Gasteiger partial charge is 0.468 e. The normalized spacial score (nSPS) is 19.9. The Hall–Kier alpha value is -7.47. The van der Waals surface area contributed by atoms with Gasteiger partial charge in [0.25, 0.3) is 0 Å². The molecule has 0 saturated carbocycles. The van der Waals surface area contributed by atoms with Crippen molar-refractivity contribution in [3.05, 3.63) is 167 Å². The molecular formula is C57H62N8O9S. The molecule has 5 unspecified atom stereocenters. The molecule has 17 nitrogen and oxygen atoms in total. The van der Waals surface area contributed by atoms with Gasteiger partial charge in [0.1, 0.15) is 33.4 Å². The van der Waals surface area contributed by atoms with Crippen molar-refractivity contribution in [2.45, 2.75) is 97.6 Å². The van der Waals surface area contributed by atoms with Crippen molar-refractivity contribution in [1.82, 2.24) is 34.7 Å². The van der Waals surface area contributed by atoms with E-state index in [9.17, 15) is 9.59 Å². The molecule has 1 aromatic carbocycles. The maximum atomic E-state index is 15.8. The van der Waals surface area contributed by atoms with Crippen LogP contribution in [0.25, 0.3) is 11.4 Å². The van der Waals surface area contributed by atoms with E-state index in [4.69, 9.17) is 55.8 Å². The highest BCUT2D eigenvalue weighted by Crippen LogP contribution is 2.62. The first-order chi connectivity index (χ1) is 35.7. The Morgan fingerprint density at radius 2 is 1.23 bits per heavy atom. The first-order valence-corrected chi connectivity index (χ1v) is 24.7. The maximum Gasteiger partial charge on any atom is 0.357 e. The average molecular weight is 1040 g/mol. The van der Waals surface area contributed by atoms with E-state index in [0.717, 1.165) is 0 Å². The molecule has 0 aliphatic carbocycles. The lowest BCUT2D eigenvalue weighted by atomic mass is 9.56. The lowest BCUT2D eigenvalue weighted by molar-refractivity contribution is -0.243.